The Morgan fingerprint density at radius 2 is 2.00 bits per heavy atom. The lowest BCUT2D eigenvalue weighted by Crippen LogP contribution is -2.38. The van der Waals surface area contributed by atoms with Crippen molar-refractivity contribution in [2.75, 3.05) is 33.9 Å². The van der Waals surface area contributed by atoms with Crippen LogP contribution in [-0.4, -0.2) is 39.9 Å². The third-order valence-corrected chi connectivity index (χ3v) is 2.99. The fraction of sp³-hybridized carbons (Fsp3) is 0.562. The lowest BCUT2D eigenvalue weighted by Gasteiger charge is -2.11. The summed E-state index contributed by atoms with van der Waals surface area (Å²) in [5.74, 6) is 0.496. The maximum Gasteiger partial charge on any atom is 0.191 e. The van der Waals surface area contributed by atoms with Crippen LogP contribution < -0.4 is 10.6 Å². The number of hydrogen-bond donors (Lipinski definition) is 2. The molecule has 23 heavy (non-hydrogen) atoms. The number of halogens is 2. The smallest absolute Gasteiger partial charge is 0.191 e. The molecule has 0 radical (unpaired) electrons. The Bertz CT molecular complexity index is 473. The van der Waals surface area contributed by atoms with Gasteiger partial charge in [-0.05, 0) is 31.0 Å². The molecule has 0 saturated heterocycles. The molecule has 0 saturated carbocycles. The summed E-state index contributed by atoms with van der Waals surface area (Å²) >= 11 is 0. The molecule has 0 aliphatic carbocycles. The second-order valence-electron chi connectivity index (χ2n) is 4.83. The van der Waals surface area contributed by atoms with Crippen molar-refractivity contribution in [1.29, 1.82) is 0 Å². The van der Waals surface area contributed by atoms with Crippen LogP contribution in [0.15, 0.2) is 23.2 Å². The summed E-state index contributed by atoms with van der Waals surface area (Å²) in [5.41, 5.74) is 1.50. The predicted molar refractivity (Wildman–Crippen MR) is 102 cm³/mol. The van der Waals surface area contributed by atoms with E-state index in [2.05, 4.69) is 15.6 Å². The highest BCUT2D eigenvalue weighted by Crippen LogP contribution is 2.12. The molecule has 0 aromatic heterocycles. The summed E-state index contributed by atoms with van der Waals surface area (Å²) in [7, 11) is 3.24. The minimum Gasteiger partial charge on any atom is -0.385 e. The highest BCUT2D eigenvalue weighted by atomic mass is 127. The average Bonchev–Trinajstić information content (AvgIpc) is 2.52. The molecule has 5 nitrogen and oxygen atoms in total. The van der Waals surface area contributed by atoms with Gasteiger partial charge in [-0.1, -0.05) is 6.07 Å². The molecule has 1 aromatic rings. The van der Waals surface area contributed by atoms with E-state index in [1.54, 1.807) is 26.4 Å². The SMILES string of the molecule is CCNC(=NCc1ccc(F)c(COC)c1)NCCCOC.I. The van der Waals surface area contributed by atoms with Gasteiger partial charge in [-0.15, -0.1) is 24.0 Å². The van der Waals surface area contributed by atoms with Gasteiger partial charge in [-0.3, -0.25) is 0 Å². The van der Waals surface area contributed by atoms with Crippen LogP contribution in [0.2, 0.25) is 0 Å². The fourth-order valence-electron chi connectivity index (χ4n) is 1.93. The lowest BCUT2D eigenvalue weighted by atomic mass is 10.1. The van der Waals surface area contributed by atoms with Crippen LogP contribution in [-0.2, 0) is 22.6 Å². The first-order chi connectivity index (χ1) is 10.7. The zero-order valence-corrected chi connectivity index (χ0v) is 16.4. The van der Waals surface area contributed by atoms with E-state index in [0.717, 1.165) is 31.0 Å². The van der Waals surface area contributed by atoms with E-state index in [4.69, 9.17) is 9.47 Å². The van der Waals surface area contributed by atoms with Gasteiger partial charge in [0.2, 0.25) is 0 Å². The van der Waals surface area contributed by atoms with Crippen molar-refractivity contribution in [2.24, 2.45) is 4.99 Å². The molecule has 0 heterocycles. The average molecular weight is 439 g/mol. The topological polar surface area (TPSA) is 54.9 Å². The molecule has 132 valence electrons. The fourth-order valence-corrected chi connectivity index (χ4v) is 1.93. The molecule has 7 heteroatoms. The highest BCUT2D eigenvalue weighted by molar-refractivity contribution is 14.0. The van der Waals surface area contributed by atoms with E-state index >= 15 is 0 Å². The number of ether oxygens (including phenoxy) is 2. The first-order valence-corrected chi connectivity index (χ1v) is 7.48. The van der Waals surface area contributed by atoms with Crippen molar-refractivity contribution in [3.8, 4) is 0 Å². The number of methoxy groups -OCH3 is 2. The first kappa shape index (κ1) is 22.1. The van der Waals surface area contributed by atoms with Crippen molar-refractivity contribution in [3.05, 3.63) is 35.1 Å². The van der Waals surface area contributed by atoms with Crippen LogP contribution >= 0.6 is 24.0 Å². The van der Waals surface area contributed by atoms with Gasteiger partial charge in [-0.2, -0.15) is 0 Å². The monoisotopic (exact) mass is 439 g/mol. The van der Waals surface area contributed by atoms with Crippen molar-refractivity contribution in [3.63, 3.8) is 0 Å². The molecule has 1 rings (SSSR count). The van der Waals surface area contributed by atoms with Gasteiger partial charge in [0.05, 0.1) is 13.2 Å². The van der Waals surface area contributed by atoms with Crippen molar-refractivity contribution < 1.29 is 13.9 Å². The predicted octanol–water partition coefficient (Wildman–Crippen LogP) is 2.68. The van der Waals surface area contributed by atoms with Crippen LogP contribution in [0.25, 0.3) is 0 Å². The summed E-state index contributed by atoms with van der Waals surface area (Å²) in [6.07, 6.45) is 0.912. The van der Waals surface area contributed by atoms with Crippen molar-refractivity contribution in [1.82, 2.24) is 10.6 Å². The van der Waals surface area contributed by atoms with Crippen LogP contribution in [0.5, 0.6) is 0 Å². The standard InChI is InChI=1S/C16H26FN3O2.HI/c1-4-18-16(19-8-5-9-21-2)20-11-13-6-7-15(17)14(10-13)12-22-3;/h6-7,10H,4-5,8-9,11-12H2,1-3H3,(H2,18,19,20);1H. The number of hydrogen-bond acceptors (Lipinski definition) is 3. The van der Waals surface area contributed by atoms with Gasteiger partial charge < -0.3 is 20.1 Å². The van der Waals surface area contributed by atoms with E-state index < -0.39 is 0 Å². The molecular formula is C16H27FIN3O2. The third kappa shape index (κ3) is 9.07. The molecule has 1 aromatic carbocycles. The summed E-state index contributed by atoms with van der Waals surface area (Å²) in [6, 6.07) is 4.99. The van der Waals surface area contributed by atoms with Crippen molar-refractivity contribution >= 4 is 29.9 Å². The first-order valence-electron chi connectivity index (χ1n) is 7.48. The molecule has 0 aliphatic heterocycles. The van der Waals surface area contributed by atoms with Gasteiger partial charge >= 0.3 is 0 Å². The molecule has 0 bridgehead atoms. The van der Waals surface area contributed by atoms with E-state index in [1.807, 2.05) is 6.92 Å². The van der Waals surface area contributed by atoms with E-state index in [9.17, 15) is 4.39 Å². The maximum atomic E-state index is 13.6. The summed E-state index contributed by atoms with van der Waals surface area (Å²) in [6.45, 7) is 5.05. The van der Waals surface area contributed by atoms with Crippen LogP contribution in [0.3, 0.4) is 0 Å². The minimum atomic E-state index is -0.251. The Labute approximate surface area is 155 Å². The third-order valence-electron chi connectivity index (χ3n) is 2.99. The van der Waals surface area contributed by atoms with Crippen LogP contribution in [0, 0.1) is 5.82 Å². The number of benzene rings is 1. The van der Waals surface area contributed by atoms with E-state index in [1.165, 1.54) is 6.07 Å². The zero-order chi connectivity index (χ0) is 16.2. The van der Waals surface area contributed by atoms with Gasteiger partial charge in [-0.25, -0.2) is 9.38 Å². The number of nitrogens with one attached hydrogen (secondary N) is 2. The largest absolute Gasteiger partial charge is 0.385 e. The maximum absolute atomic E-state index is 13.6. The van der Waals surface area contributed by atoms with E-state index in [-0.39, 0.29) is 36.4 Å². The Kier molecular flexibility index (Phi) is 13.0. The Hall–Kier alpha value is -0.930. The van der Waals surface area contributed by atoms with E-state index in [0.29, 0.717) is 18.7 Å². The second kappa shape index (κ2) is 13.5. The molecular weight excluding hydrogens is 412 g/mol. The minimum absolute atomic E-state index is 0. The number of guanidine groups is 1. The van der Waals surface area contributed by atoms with Gasteiger partial charge in [0, 0.05) is 39.5 Å². The molecule has 0 fully saturated rings. The second-order valence-corrected chi connectivity index (χ2v) is 4.83. The summed E-state index contributed by atoms with van der Waals surface area (Å²) in [4.78, 5) is 4.50. The Morgan fingerprint density at radius 3 is 2.65 bits per heavy atom. The highest BCUT2D eigenvalue weighted by Gasteiger charge is 2.04. The van der Waals surface area contributed by atoms with Crippen molar-refractivity contribution in [2.45, 2.75) is 26.5 Å². The molecule has 0 aliphatic rings. The molecule has 0 unspecified atom stereocenters. The van der Waals surface area contributed by atoms with Crippen LogP contribution in [0.4, 0.5) is 4.39 Å². The number of nitrogens with zero attached hydrogens (tertiary/aromatic N) is 1. The molecule has 0 amide bonds. The normalized spacial score (nSPS) is 11.0. The summed E-state index contributed by atoms with van der Waals surface area (Å²) in [5, 5.41) is 6.42. The quantitative estimate of drug-likeness (QED) is 0.269. The van der Waals surface area contributed by atoms with Gasteiger partial charge in [0.15, 0.2) is 5.96 Å². The number of aliphatic imine (C=N–C) groups is 1. The molecule has 0 spiro atoms. The summed E-state index contributed by atoms with van der Waals surface area (Å²) < 4.78 is 23.6. The molecule has 2 N–H and O–H groups in total. The lowest BCUT2D eigenvalue weighted by molar-refractivity contribution is 0.181. The Balaban J connectivity index is 0.00000484. The number of rotatable bonds is 9. The van der Waals surface area contributed by atoms with Gasteiger partial charge in [0.25, 0.3) is 0 Å². The Morgan fingerprint density at radius 1 is 1.22 bits per heavy atom. The van der Waals surface area contributed by atoms with Crippen LogP contribution in [0.1, 0.15) is 24.5 Å². The van der Waals surface area contributed by atoms with Gasteiger partial charge in [0.1, 0.15) is 5.82 Å². The molecule has 0 atom stereocenters. The zero-order valence-electron chi connectivity index (χ0n) is 14.0.